The Bertz CT molecular complexity index is 494. The third-order valence-electron chi connectivity index (χ3n) is 6.45. The van der Waals surface area contributed by atoms with Crippen LogP contribution in [0.15, 0.2) is 24.3 Å². The van der Waals surface area contributed by atoms with Crippen molar-refractivity contribution in [1.82, 2.24) is 4.90 Å². The number of hydrogen-bond acceptors (Lipinski definition) is 2. The van der Waals surface area contributed by atoms with Gasteiger partial charge in [0.1, 0.15) is 0 Å². The third kappa shape index (κ3) is 2.43. The Labute approximate surface area is 128 Å². The van der Waals surface area contributed by atoms with Crippen molar-refractivity contribution in [3.63, 3.8) is 0 Å². The largest absolute Gasteiger partial charge is 0.324 e. The highest BCUT2D eigenvalue weighted by atomic mass is 15.2. The first-order valence-electron chi connectivity index (χ1n) is 8.86. The van der Waals surface area contributed by atoms with Crippen molar-refractivity contribution < 1.29 is 0 Å². The predicted molar refractivity (Wildman–Crippen MR) is 87.1 cm³/mol. The molecule has 0 radical (unpaired) electrons. The van der Waals surface area contributed by atoms with E-state index in [-0.39, 0.29) is 6.04 Å². The van der Waals surface area contributed by atoms with E-state index in [1.165, 1.54) is 69.2 Å². The number of nitrogens with zero attached hydrogens (tertiary/aromatic N) is 1. The van der Waals surface area contributed by atoms with Crippen molar-refractivity contribution in [2.24, 2.45) is 11.1 Å². The Morgan fingerprint density at radius 1 is 0.905 bits per heavy atom. The van der Waals surface area contributed by atoms with Gasteiger partial charge in [0, 0.05) is 12.1 Å². The second kappa shape index (κ2) is 5.40. The summed E-state index contributed by atoms with van der Waals surface area (Å²) in [5.41, 5.74) is 9.95. The Kier molecular flexibility index (Phi) is 3.55. The highest BCUT2D eigenvalue weighted by Gasteiger charge is 2.39. The van der Waals surface area contributed by atoms with Gasteiger partial charge in [-0.3, -0.25) is 4.90 Å². The summed E-state index contributed by atoms with van der Waals surface area (Å²) in [5.74, 6) is 0. The van der Waals surface area contributed by atoms with Gasteiger partial charge in [-0.05, 0) is 61.7 Å². The first kappa shape index (κ1) is 13.8. The normalized spacial score (nSPS) is 32.2. The lowest BCUT2D eigenvalue weighted by molar-refractivity contribution is 0.0438. The summed E-state index contributed by atoms with van der Waals surface area (Å²) in [5, 5.41) is 0. The van der Waals surface area contributed by atoms with Gasteiger partial charge in [0.25, 0.3) is 0 Å². The van der Waals surface area contributed by atoms with Crippen LogP contribution < -0.4 is 5.73 Å². The van der Waals surface area contributed by atoms with E-state index < -0.39 is 0 Å². The van der Waals surface area contributed by atoms with Crippen LogP contribution in [0, 0.1) is 5.41 Å². The minimum atomic E-state index is 0.247. The molecule has 2 fully saturated rings. The molecule has 2 atom stereocenters. The zero-order valence-corrected chi connectivity index (χ0v) is 13.1. The lowest BCUT2D eigenvalue weighted by atomic mass is 9.68. The molecule has 1 aromatic carbocycles. The van der Waals surface area contributed by atoms with E-state index in [0.717, 1.165) is 6.42 Å². The van der Waals surface area contributed by atoms with Crippen LogP contribution in [-0.4, -0.2) is 18.0 Å². The van der Waals surface area contributed by atoms with E-state index in [1.54, 1.807) is 0 Å². The summed E-state index contributed by atoms with van der Waals surface area (Å²) in [6, 6.07) is 9.67. The molecule has 1 aromatic rings. The Morgan fingerprint density at radius 2 is 1.57 bits per heavy atom. The summed E-state index contributed by atoms with van der Waals surface area (Å²) in [6.07, 6.45) is 11.3. The minimum Gasteiger partial charge on any atom is -0.324 e. The average Bonchev–Trinajstić information content (AvgIpc) is 2.87. The van der Waals surface area contributed by atoms with E-state index in [1.807, 2.05) is 0 Å². The maximum atomic E-state index is 6.35. The van der Waals surface area contributed by atoms with Crippen LogP contribution in [-0.2, 0) is 0 Å². The van der Waals surface area contributed by atoms with Gasteiger partial charge in [-0.2, -0.15) is 0 Å². The van der Waals surface area contributed by atoms with Crippen LogP contribution in [0.3, 0.4) is 0 Å². The van der Waals surface area contributed by atoms with Gasteiger partial charge < -0.3 is 5.73 Å². The molecule has 2 aliphatic carbocycles. The average molecular weight is 284 g/mol. The van der Waals surface area contributed by atoms with Crippen molar-refractivity contribution in [3.8, 4) is 0 Å². The highest BCUT2D eigenvalue weighted by molar-refractivity contribution is 5.37. The molecule has 2 unspecified atom stereocenters. The molecule has 1 heterocycles. The first-order chi connectivity index (χ1) is 10.3. The fraction of sp³-hybridized carbons (Fsp3) is 0.684. The van der Waals surface area contributed by atoms with Crippen LogP contribution in [0.1, 0.15) is 74.6 Å². The SMILES string of the molecule is NC1CC(N2CCC3(CCCCC3)CC2)c2ccccc21. The molecule has 1 spiro atoms. The molecule has 3 aliphatic rings. The van der Waals surface area contributed by atoms with Crippen molar-refractivity contribution in [1.29, 1.82) is 0 Å². The number of fused-ring (bicyclic) bond motifs is 1. The number of benzene rings is 1. The molecular formula is C19H28N2. The van der Waals surface area contributed by atoms with E-state index in [9.17, 15) is 0 Å². The van der Waals surface area contributed by atoms with Crippen LogP contribution >= 0.6 is 0 Å². The summed E-state index contributed by atoms with van der Waals surface area (Å²) < 4.78 is 0. The van der Waals surface area contributed by atoms with E-state index in [4.69, 9.17) is 5.73 Å². The lowest BCUT2D eigenvalue weighted by Gasteiger charge is -2.46. The molecule has 0 aromatic heterocycles. The van der Waals surface area contributed by atoms with Crippen LogP contribution in [0.25, 0.3) is 0 Å². The monoisotopic (exact) mass is 284 g/mol. The quantitative estimate of drug-likeness (QED) is 0.838. The summed E-state index contributed by atoms with van der Waals surface area (Å²) >= 11 is 0. The molecule has 0 bridgehead atoms. The standard InChI is InChI=1S/C19H28N2/c20-17-14-18(16-7-3-2-6-15(16)17)21-12-10-19(11-13-21)8-4-1-5-9-19/h2-3,6-7,17-18H,1,4-5,8-14,20H2. The second-order valence-corrected chi connectivity index (χ2v) is 7.58. The summed E-state index contributed by atoms with van der Waals surface area (Å²) in [4.78, 5) is 2.73. The van der Waals surface area contributed by atoms with Gasteiger partial charge >= 0.3 is 0 Å². The Balaban J connectivity index is 1.47. The van der Waals surface area contributed by atoms with Crippen LogP contribution in [0.5, 0.6) is 0 Å². The number of rotatable bonds is 1. The zero-order chi connectivity index (χ0) is 14.3. The number of piperidine rings is 1. The maximum Gasteiger partial charge on any atom is 0.0369 e. The molecule has 21 heavy (non-hydrogen) atoms. The summed E-state index contributed by atoms with van der Waals surface area (Å²) in [6.45, 7) is 2.57. The Morgan fingerprint density at radius 3 is 2.29 bits per heavy atom. The summed E-state index contributed by atoms with van der Waals surface area (Å²) in [7, 11) is 0. The zero-order valence-electron chi connectivity index (χ0n) is 13.1. The number of nitrogens with two attached hydrogens (primary N) is 1. The molecule has 2 heteroatoms. The fourth-order valence-corrected chi connectivity index (χ4v) is 5.10. The minimum absolute atomic E-state index is 0.247. The molecule has 1 saturated carbocycles. The van der Waals surface area contributed by atoms with Crippen molar-refractivity contribution in [3.05, 3.63) is 35.4 Å². The van der Waals surface area contributed by atoms with Gasteiger partial charge in [-0.15, -0.1) is 0 Å². The second-order valence-electron chi connectivity index (χ2n) is 7.58. The smallest absolute Gasteiger partial charge is 0.0369 e. The molecule has 0 amide bonds. The van der Waals surface area contributed by atoms with Crippen molar-refractivity contribution in [2.75, 3.05) is 13.1 Å². The van der Waals surface area contributed by atoms with Gasteiger partial charge in [0.2, 0.25) is 0 Å². The molecule has 2 N–H and O–H groups in total. The topological polar surface area (TPSA) is 29.3 Å². The molecule has 4 rings (SSSR count). The van der Waals surface area contributed by atoms with E-state index in [2.05, 4.69) is 29.2 Å². The van der Waals surface area contributed by atoms with Crippen molar-refractivity contribution >= 4 is 0 Å². The fourth-order valence-electron chi connectivity index (χ4n) is 5.10. The van der Waals surface area contributed by atoms with Crippen LogP contribution in [0.2, 0.25) is 0 Å². The van der Waals surface area contributed by atoms with Gasteiger partial charge in [-0.1, -0.05) is 43.5 Å². The molecule has 114 valence electrons. The van der Waals surface area contributed by atoms with E-state index in [0.29, 0.717) is 11.5 Å². The molecular weight excluding hydrogens is 256 g/mol. The molecule has 1 saturated heterocycles. The predicted octanol–water partition coefficient (Wildman–Crippen LogP) is 4.18. The lowest BCUT2D eigenvalue weighted by Crippen LogP contribution is -2.42. The van der Waals surface area contributed by atoms with Gasteiger partial charge in [0.05, 0.1) is 0 Å². The number of likely N-dealkylation sites (tertiary alicyclic amines) is 1. The highest BCUT2D eigenvalue weighted by Crippen LogP contribution is 2.48. The third-order valence-corrected chi connectivity index (χ3v) is 6.45. The number of hydrogen-bond donors (Lipinski definition) is 1. The van der Waals surface area contributed by atoms with Gasteiger partial charge in [-0.25, -0.2) is 0 Å². The van der Waals surface area contributed by atoms with Crippen LogP contribution in [0.4, 0.5) is 0 Å². The van der Waals surface area contributed by atoms with E-state index >= 15 is 0 Å². The van der Waals surface area contributed by atoms with Gasteiger partial charge in [0.15, 0.2) is 0 Å². The molecule has 1 aliphatic heterocycles. The Hall–Kier alpha value is -0.860. The maximum absolute atomic E-state index is 6.35. The first-order valence-corrected chi connectivity index (χ1v) is 8.86. The van der Waals surface area contributed by atoms with Crippen molar-refractivity contribution in [2.45, 2.75) is 63.5 Å². The molecule has 2 nitrogen and oxygen atoms in total.